The van der Waals surface area contributed by atoms with Gasteiger partial charge in [0.05, 0.1) is 0 Å². The van der Waals surface area contributed by atoms with Crippen molar-refractivity contribution in [1.29, 1.82) is 0 Å². The van der Waals surface area contributed by atoms with E-state index < -0.39 is 5.63 Å². The van der Waals surface area contributed by atoms with Crippen LogP contribution in [0.5, 0.6) is 0 Å². The maximum atomic E-state index is 12.1. The van der Waals surface area contributed by atoms with Crippen LogP contribution in [0.25, 0.3) is 11.0 Å². The van der Waals surface area contributed by atoms with E-state index in [1.54, 1.807) is 23.1 Å². The van der Waals surface area contributed by atoms with Gasteiger partial charge in [-0.2, -0.15) is 0 Å². The molecule has 0 bridgehead atoms. The normalized spacial score (nSPS) is 18.4. The molecule has 0 N–H and O–H groups in total. The number of fused-ring (bicyclic) bond motifs is 1. The first kappa shape index (κ1) is 13.9. The van der Waals surface area contributed by atoms with Gasteiger partial charge in [-0.25, -0.2) is 4.79 Å². The number of anilines is 1. The Labute approximate surface area is 124 Å². The van der Waals surface area contributed by atoms with Crippen molar-refractivity contribution in [3.05, 3.63) is 40.8 Å². The van der Waals surface area contributed by atoms with Gasteiger partial charge in [0.1, 0.15) is 5.58 Å². The minimum atomic E-state index is -0.398. The lowest BCUT2D eigenvalue weighted by molar-refractivity contribution is -0.117. The van der Waals surface area contributed by atoms with Crippen LogP contribution in [0.2, 0.25) is 0 Å². The van der Waals surface area contributed by atoms with Gasteiger partial charge in [-0.15, -0.1) is 0 Å². The average molecular weight is 303 g/mol. The first-order valence-corrected chi connectivity index (χ1v) is 7.42. The van der Waals surface area contributed by atoms with Crippen molar-refractivity contribution in [3.8, 4) is 0 Å². The topological polar surface area (TPSA) is 67.6 Å². The van der Waals surface area contributed by atoms with Gasteiger partial charge >= 0.3 is 5.63 Å². The number of thioether (sulfide) groups is 1. The molecule has 0 aliphatic carbocycles. The second kappa shape index (κ2) is 5.37. The Bertz CT molecular complexity index is 783. The second-order valence-corrected chi connectivity index (χ2v) is 6.39. The van der Waals surface area contributed by atoms with Crippen LogP contribution in [0, 0.1) is 0 Å². The summed E-state index contributed by atoms with van der Waals surface area (Å²) in [6.45, 7) is 2.03. The minimum Gasteiger partial charge on any atom is -0.423 e. The van der Waals surface area contributed by atoms with Crippen LogP contribution in [0.4, 0.5) is 5.69 Å². The van der Waals surface area contributed by atoms with Gasteiger partial charge in [0, 0.05) is 42.3 Å². The van der Waals surface area contributed by atoms with E-state index in [0.717, 1.165) is 11.1 Å². The highest BCUT2D eigenvalue weighted by atomic mass is 32.2. The Balaban J connectivity index is 1.90. The highest BCUT2D eigenvalue weighted by Crippen LogP contribution is 2.30. The predicted molar refractivity (Wildman–Crippen MR) is 81.5 cm³/mol. The zero-order valence-electron chi connectivity index (χ0n) is 11.4. The zero-order chi connectivity index (χ0) is 15.0. The summed E-state index contributed by atoms with van der Waals surface area (Å²) in [7, 11) is 0. The van der Waals surface area contributed by atoms with Crippen LogP contribution in [-0.4, -0.2) is 22.8 Å². The highest BCUT2D eigenvalue weighted by Gasteiger charge is 2.31. The first-order chi connectivity index (χ1) is 10.0. The SMILES string of the molecule is CC(=O)SC1CC(=O)N(c2ccc3oc(=O)ccc3c2)C1. The van der Waals surface area contributed by atoms with Crippen LogP contribution in [0.3, 0.4) is 0 Å². The number of hydrogen-bond acceptors (Lipinski definition) is 5. The van der Waals surface area contributed by atoms with Crippen molar-refractivity contribution in [2.45, 2.75) is 18.6 Å². The molecule has 1 aliphatic heterocycles. The monoisotopic (exact) mass is 303 g/mol. The van der Waals surface area contributed by atoms with Crippen LogP contribution in [0.15, 0.2) is 39.5 Å². The van der Waals surface area contributed by atoms with E-state index in [4.69, 9.17) is 4.42 Å². The molecule has 1 aliphatic rings. The molecule has 1 fully saturated rings. The highest BCUT2D eigenvalue weighted by molar-refractivity contribution is 8.14. The Morgan fingerprint density at radius 2 is 2.10 bits per heavy atom. The number of carbonyl (C=O) groups excluding carboxylic acids is 2. The molecule has 1 unspecified atom stereocenters. The molecule has 0 spiro atoms. The van der Waals surface area contributed by atoms with Gasteiger partial charge in [-0.05, 0) is 24.3 Å². The van der Waals surface area contributed by atoms with Gasteiger partial charge in [0.2, 0.25) is 5.91 Å². The molecular formula is C15H13NO4S. The lowest BCUT2D eigenvalue weighted by atomic mass is 10.2. The van der Waals surface area contributed by atoms with Crippen molar-refractivity contribution in [2.75, 3.05) is 11.4 Å². The summed E-state index contributed by atoms with van der Waals surface area (Å²) >= 11 is 1.21. The van der Waals surface area contributed by atoms with Crippen LogP contribution in [0.1, 0.15) is 13.3 Å². The molecule has 1 amide bonds. The third kappa shape index (κ3) is 2.85. The fraction of sp³-hybridized carbons (Fsp3) is 0.267. The van der Waals surface area contributed by atoms with Gasteiger partial charge in [0.15, 0.2) is 5.12 Å². The van der Waals surface area contributed by atoms with Crippen molar-refractivity contribution >= 4 is 39.4 Å². The Morgan fingerprint density at radius 3 is 2.86 bits per heavy atom. The van der Waals surface area contributed by atoms with Crippen molar-refractivity contribution in [2.24, 2.45) is 0 Å². The maximum Gasteiger partial charge on any atom is 0.336 e. The quantitative estimate of drug-likeness (QED) is 0.795. The zero-order valence-corrected chi connectivity index (χ0v) is 12.2. The van der Waals surface area contributed by atoms with Gasteiger partial charge in [0.25, 0.3) is 0 Å². The number of nitrogens with zero attached hydrogens (tertiary/aromatic N) is 1. The number of benzene rings is 1. The van der Waals surface area contributed by atoms with E-state index in [2.05, 4.69) is 0 Å². The summed E-state index contributed by atoms with van der Waals surface area (Å²) in [5.74, 6) is 0.00508. The Hall–Kier alpha value is -2.08. The lowest BCUT2D eigenvalue weighted by Gasteiger charge is -2.16. The average Bonchev–Trinajstić information content (AvgIpc) is 2.78. The van der Waals surface area contributed by atoms with Crippen molar-refractivity contribution < 1.29 is 14.0 Å². The molecule has 1 saturated heterocycles. The summed E-state index contributed by atoms with van der Waals surface area (Å²) in [5.41, 5.74) is 0.853. The smallest absolute Gasteiger partial charge is 0.336 e. The van der Waals surface area contributed by atoms with Gasteiger partial charge < -0.3 is 9.32 Å². The molecular weight excluding hydrogens is 290 g/mol. The molecule has 1 aromatic heterocycles. The van der Waals surface area contributed by atoms with E-state index >= 15 is 0 Å². The number of rotatable bonds is 2. The molecule has 5 nitrogen and oxygen atoms in total. The van der Waals surface area contributed by atoms with Gasteiger partial charge in [-0.3, -0.25) is 9.59 Å². The molecule has 6 heteroatoms. The molecule has 108 valence electrons. The molecule has 2 aromatic rings. The maximum absolute atomic E-state index is 12.1. The minimum absolute atomic E-state index is 0.000553. The number of amides is 1. The van der Waals surface area contributed by atoms with E-state index in [1.165, 1.54) is 24.8 Å². The third-order valence-electron chi connectivity index (χ3n) is 3.34. The molecule has 3 rings (SSSR count). The summed E-state index contributed by atoms with van der Waals surface area (Å²) in [6.07, 6.45) is 0.367. The molecule has 1 atom stereocenters. The van der Waals surface area contributed by atoms with E-state index in [-0.39, 0.29) is 16.3 Å². The number of hydrogen-bond donors (Lipinski definition) is 0. The van der Waals surface area contributed by atoms with Crippen molar-refractivity contribution in [3.63, 3.8) is 0 Å². The fourth-order valence-electron chi connectivity index (χ4n) is 2.47. The molecule has 1 aromatic carbocycles. The van der Waals surface area contributed by atoms with E-state index in [1.807, 2.05) is 6.07 Å². The fourth-order valence-corrected chi connectivity index (χ4v) is 3.38. The predicted octanol–water partition coefficient (Wildman–Crippen LogP) is 2.18. The van der Waals surface area contributed by atoms with Crippen molar-refractivity contribution in [1.82, 2.24) is 0 Å². The summed E-state index contributed by atoms with van der Waals surface area (Å²) in [4.78, 5) is 36.1. The summed E-state index contributed by atoms with van der Waals surface area (Å²) in [5, 5.41) is 0.789. The molecule has 0 saturated carbocycles. The lowest BCUT2D eigenvalue weighted by Crippen LogP contribution is -2.24. The summed E-state index contributed by atoms with van der Waals surface area (Å²) < 4.78 is 5.07. The molecule has 0 radical (unpaired) electrons. The van der Waals surface area contributed by atoms with E-state index in [0.29, 0.717) is 18.5 Å². The Morgan fingerprint density at radius 1 is 1.29 bits per heavy atom. The summed E-state index contributed by atoms with van der Waals surface area (Å²) in [6, 6.07) is 8.28. The largest absolute Gasteiger partial charge is 0.423 e. The second-order valence-electron chi connectivity index (χ2n) is 4.92. The standard InChI is InChI=1S/C15H13NO4S/c1-9(17)21-12-7-14(18)16(8-12)11-3-4-13-10(6-11)2-5-15(19)20-13/h2-6,12H,7-8H2,1H3. The third-order valence-corrected chi connectivity index (χ3v) is 4.32. The van der Waals surface area contributed by atoms with Crippen LogP contribution in [-0.2, 0) is 9.59 Å². The van der Waals surface area contributed by atoms with Crippen LogP contribution < -0.4 is 10.5 Å². The number of carbonyl (C=O) groups is 2. The van der Waals surface area contributed by atoms with E-state index in [9.17, 15) is 14.4 Å². The van der Waals surface area contributed by atoms with Gasteiger partial charge in [-0.1, -0.05) is 11.8 Å². The Kier molecular flexibility index (Phi) is 3.55. The van der Waals surface area contributed by atoms with Crippen LogP contribution >= 0.6 is 11.8 Å². The molecule has 21 heavy (non-hydrogen) atoms. The first-order valence-electron chi connectivity index (χ1n) is 6.54. The molecule has 2 heterocycles.